The molecule has 1 nitrogen and oxygen atoms in total. The first-order valence-electron chi connectivity index (χ1n) is 3.81. The molecule has 0 aromatic heterocycles. The molecule has 0 saturated carbocycles. The van der Waals surface area contributed by atoms with Gasteiger partial charge in [-0.05, 0) is 18.6 Å². The molecule has 0 aromatic carbocycles. The first kappa shape index (κ1) is 17.9. The van der Waals surface area contributed by atoms with E-state index in [1.54, 1.807) is 0 Å². The van der Waals surface area contributed by atoms with Crippen LogP contribution in [0.1, 0.15) is 13.8 Å². The van der Waals surface area contributed by atoms with E-state index in [1.165, 1.54) is 5.54 Å². The van der Waals surface area contributed by atoms with Gasteiger partial charge >= 0.3 is 0 Å². The second-order valence-electron chi connectivity index (χ2n) is 1.93. The predicted octanol–water partition coefficient (Wildman–Crippen LogP) is 3.30. The lowest BCUT2D eigenvalue weighted by Gasteiger charge is -2.14. The molecule has 0 bridgehead atoms. The third-order valence-corrected chi connectivity index (χ3v) is 1.28. The Morgan fingerprint density at radius 1 is 1.25 bits per heavy atom. The number of hydrogen-bond donors (Lipinski definition) is 0. The smallest absolute Gasteiger partial charge is 0.0160 e. The van der Waals surface area contributed by atoms with E-state index in [4.69, 9.17) is 11.6 Å². The molecule has 0 heterocycles. The zero-order valence-corrected chi connectivity index (χ0v) is 9.50. The van der Waals surface area contributed by atoms with Crippen LogP contribution in [-0.4, -0.2) is 24.5 Å². The highest BCUT2D eigenvalue weighted by molar-refractivity contribution is 6.25. The third-order valence-electron chi connectivity index (χ3n) is 1.28. The van der Waals surface area contributed by atoms with Gasteiger partial charge in [-0.2, -0.15) is 0 Å². The van der Waals surface area contributed by atoms with Crippen LogP contribution < -0.4 is 0 Å². The van der Waals surface area contributed by atoms with Gasteiger partial charge in [-0.25, -0.2) is 0 Å². The van der Waals surface area contributed by atoms with E-state index in [2.05, 4.69) is 31.9 Å². The maximum absolute atomic E-state index is 4.76. The van der Waals surface area contributed by atoms with Crippen LogP contribution >= 0.6 is 24.0 Å². The summed E-state index contributed by atoms with van der Waals surface area (Å²) in [7, 11) is 0. The van der Waals surface area contributed by atoms with Gasteiger partial charge in [0.2, 0.25) is 0 Å². The topological polar surface area (TPSA) is 3.24 Å². The Kier molecular flexibility index (Phi) is 25.7. The molecule has 0 N–H and O–H groups in total. The van der Waals surface area contributed by atoms with Gasteiger partial charge < -0.3 is 4.90 Å². The van der Waals surface area contributed by atoms with Crippen LogP contribution in [0, 0.1) is 0 Å². The van der Waals surface area contributed by atoms with Gasteiger partial charge in [0, 0.05) is 6.54 Å². The van der Waals surface area contributed by atoms with Crippen molar-refractivity contribution in [2.75, 3.05) is 19.6 Å². The van der Waals surface area contributed by atoms with Crippen LogP contribution in [0.25, 0.3) is 0 Å². The van der Waals surface area contributed by atoms with E-state index in [-0.39, 0.29) is 12.4 Å². The number of hydrogen-bond acceptors (Lipinski definition) is 1. The molecule has 0 spiro atoms. The molecule has 3 heteroatoms. The highest BCUT2D eigenvalue weighted by Crippen LogP contribution is 1.84. The zero-order valence-electron chi connectivity index (χ0n) is 7.92. The van der Waals surface area contributed by atoms with Crippen LogP contribution in [0.5, 0.6) is 0 Å². The molecule has 0 atom stereocenters. The van der Waals surface area contributed by atoms with Gasteiger partial charge in [0.1, 0.15) is 0 Å². The molecule has 0 fully saturated rings. The van der Waals surface area contributed by atoms with Gasteiger partial charge in [0.25, 0.3) is 0 Å². The summed E-state index contributed by atoms with van der Waals surface area (Å²) in [6.07, 6.45) is 1.94. The Bertz CT molecular complexity index is 90.5. The Morgan fingerprint density at radius 2 is 1.58 bits per heavy atom. The molecule has 0 aromatic rings. The standard InChI is InChI=1S/C7H15N.C2H3Cl.ClH/c1-4-7-8(5-2)6-3;1-2-3;/h4H,1,5-7H2,2-3H3;2H,1H2;1H. The van der Waals surface area contributed by atoms with Gasteiger partial charge in [-0.15, -0.1) is 19.0 Å². The Hall–Kier alpha value is 0.0200. The van der Waals surface area contributed by atoms with Crippen LogP contribution in [0.2, 0.25) is 0 Å². The van der Waals surface area contributed by atoms with E-state index in [0.717, 1.165) is 19.6 Å². The molecule has 74 valence electrons. The number of nitrogens with zero attached hydrogens (tertiary/aromatic N) is 1. The van der Waals surface area contributed by atoms with Crippen molar-refractivity contribution < 1.29 is 0 Å². The average molecular weight is 212 g/mol. The lowest BCUT2D eigenvalue weighted by atomic mass is 10.5. The Balaban J connectivity index is -0.000000177. The first-order valence-corrected chi connectivity index (χ1v) is 4.24. The monoisotopic (exact) mass is 211 g/mol. The molecule has 0 saturated heterocycles. The molecule has 12 heavy (non-hydrogen) atoms. The van der Waals surface area contributed by atoms with Crippen molar-refractivity contribution in [1.29, 1.82) is 0 Å². The van der Waals surface area contributed by atoms with Gasteiger partial charge in [-0.1, -0.05) is 38.1 Å². The molecule has 0 unspecified atom stereocenters. The fraction of sp³-hybridized carbons (Fsp3) is 0.556. The van der Waals surface area contributed by atoms with Crippen molar-refractivity contribution in [1.82, 2.24) is 4.90 Å². The second kappa shape index (κ2) is 17.2. The summed E-state index contributed by atoms with van der Waals surface area (Å²) >= 11 is 4.76. The minimum absolute atomic E-state index is 0. The third kappa shape index (κ3) is 16.5. The SMILES string of the molecule is C=CCN(CC)CC.C=CCl.Cl. The minimum Gasteiger partial charge on any atom is -0.300 e. The number of likely N-dealkylation sites (N-methyl/N-ethyl adjacent to an activating group) is 1. The minimum atomic E-state index is 0. The zero-order chi connectivity index (χ0) is 9.11. The van der Waals surface area contributed by atoms with Crippen LogP contribution in [0.4, 0.5) is 0 Å². The van der Waals surface area contributed by atoms with E-state index >= 15 is 0 Å². The molecule has 0 radical (unpaired) electrons. The van der Waals surface area contributed by atoms with Gasteiger partial charge in [0.15, 0.2) is 0 Å². The number of rotatable bonds is 4. The fourth-order valence-corrected chi connectivity index (χ4v) is 0.664. The van der Waals surface area contributed by atoms with Crippen molar-refractivity contribution >= 4 is 24.0 Å². The van der Waals surface area contributed by atoms with Crippen molar-refractivity contribution in [3.8, 4) is 0 Å². The Morgan fingerprint density at radius 3 is 1.67 bits per heavy atom. The largest absolute Gasteiger partial charge is 0.300 e. The molecular weight excluding hydrogens is 193 g/mol. The summed E-state index contributed by atoms with van der Waals surface area (Å²) in [5.74, 6) is 0. The summed E-state index contributed by atoms with van der Waals surface area (Å²) in [5.41, 5.74) is 1.22. The second-order valence-corrected chi connectivity index (χ2v) is 2.24. The lowest BCUT2D eigenvalue weighted by molar-refractivity contribution is 0.337. The Labute approximate surface area is 87.5 Å². The predicted molar refractivity (Wildman–Crippen MR) is 61.3 cm³/mol. The average Bonchev–Trinajstić information content (AvgIpc) is 2.02. The van der Waals surface area contributed by atoms with E-state index in [1.807, 2.05) is 6.08 Å². The van der Waals surface area contributed by atoms with Crippen molar-refractivity contribution in [3.05, 3.63) is 24.8 Å². The van der Waals surface area contributed by atoms with Crippen molar-refractivity contribution in [2.45, 2.75) is 13.8 Å². The summed E-state index contributed by atoms with van der Waals surface area (Å²) in [5, 5.41) is 0. The molecule has 0 aliphatic heterocycles. The molecule has 0 amide bonds. The van der Waals surface area contributed by atoms with Gasteiger partial charge in [0.05, 0.1) is 0 Å². The van der Waals surface area contributed by atoms with Crippen LogP contribution in [0.3, 0.4) is 0 Å². The summed E-state index contributed by atoms with van der Waals surface area (Å²) in [6, 6.07) is 0. The van der Waals surface area contributed by atoms with E-state index < -0.39 is 0 Å². The normalized spacial score (nSPS) is 7.67. The summed E-state index contributed by atoms with van der Waals surface area (Å²) in [4.78, 5) is 2.31. The maximum atomic E-state index is 4.76. The van der Waals surface area contributed by atoms with Crippen LogP contribution in [0.15, 0.2) is 24.8 Å². The highest BCUT2D eigenvalue weighted by Gasteiger charge is 1.90. The van der Waals surface area contributed by atoms with E-state index in [9.17, 15) is 0 Å². The highest BCUT2D eigenvalue weighted by atomic mass is 35.5. The summed E-state index contributed by atoms with van der Waals surface area (Å²) < 4.78 is 0. The van der Waals surface area contributed by atoms with Crippen molar-refractivity contribution in [3.63, 3.8) is 0 Å². The van der Waals surface area contributed by atoms with Crippen LogP contribution in [-0.2, 0) is 0 Å². The molecule has 0 aliphatic carbocycles. The van der Waals surface area contributed by atoms with Crippen molar-refractivity contribution in [2.24, 2.45) is 0 Å². The molecule has 0 aliphatic rings. The molecule has 0 rings (SSSR count). The maximum Gasteiger partial charge on any atom is 0.0160 e. The number of halogens is 2. The van der Waals surface area contributed by atoms with Gasteiger partial charge in [-0.3, -0.25) is 0 Å². The first-order chi connectivity index (χ1) is 5.26. The quantitative estimate of drug-likeness (QED) is 0.646. The fourth-order valence-electron chi connectivity index (χ4n) is 0.664. The van der Waals surface area contributed by atoms with E-state index in [0.29, 0.717) is 0 Å². The lowest BCUT2D eigenvalue weighted by Crippen LogP contribution is -2.22. The summed E-state index contributed by atoms with van der Waals surface area (Å²) in [6.45, 7) is 14.4. The molecular formula is C9H19Cl2N.